The van der Waals surface area contributed by atoms with Crippen molar-refractivity contribution >= 4 is 5.91 Å². The smallest absolute Gasteiger partial charge is 0.267 e. The van der Waals surface area contributed by atoms with E-state index < -0.39 is 18.5 Å². The molecular weight excluding hydrogens is 112 g/mol. The van der Waals surface area contributed by atoms with Gasteiger partial charge in [-0.15, -0.1) is 0 Å². The maximum atomic E-state index is 10.2. The molecule has 46 valence electrons. The molecule has 4 N–H and O–H groups in total. The number of hydrogen-bond donors (Lipinski definition) is 4. The number of aliphatic hydroxyl groups excluding tert-OH is 2. The summed E-state index contributed by atoms with van der Waals surface area (Å²) in [5.41, 5.74) is 0. The third-order valence-electron chi connectivity index (χ3n) is 0.843. The SMILES string of the molecule is O=C1NC(O)NC1O. The lowest BCUT2D eigenvalue weighted by molar-refractivity contribution is -0.126. The summed E-state index contributed by atoms with van der Waals surface area (Å²) in [5, 5.41) is 21.1. The van der Waals surface area contributed by atoms with Crippen LogP contribution < -0.4 is 10.6 Å². The summed E-state index contributed by atoms with van der Waals surface area (Å²) in [5.74, 6) is -0.600. The lowest BCUT2D eigenvalue weighted by Crippen LogP contribution is -2.32. The van der Waals surface area contributed by atoms with Crippen molar-refractivity contribution in [2.24, 2.45) is 0 Å². The van der Waals surface area contributed by atoms with Gasteiger partial charge in [-0.1, -0.05) is 0 Å². The van der Waals surface area contributed by atoms with Crippen molar-refractivity contribution in [2.75, 3.05) is 0 Å². The average Bonchev–Trinajstić information content (AvgIpc) is 1.85. The van der Waals surface area contributed by atoms with Gasteiger partial charge in [-0.2, -0.15) is 0 Å². The highest BCUT2D eigenvalue weighted by Gasteiger charge is 2.26. The third-order valence-corrected chi connectivity index (χ3v) is 0.843. The van der Waals surface area contributed by atoms with Gasteiger partial charge >= 0.3 is 0 Å². The molecule has 1 heterocycles. The fourth-order valence-corrected chi connectivity index (χ4v) is 0.481. The minimum absolute atomic E-state index is 0.600. The number of amides is 1. The van der Waals surface area contributed by atoms with E-state index >= 15 is 0 Å². The molecule has 1 saturated heterocycles. The van der Waals surface area contributed by atoms with Gasteiger partial charge in [0.2, 0.25) is 0 Å². The third kappa shape index (κ3) is 0.786. The summed E-state index contributed by atoms with van der Waals surface area (Å²) in [6.45, 7) is 0. The first-order valence-corrected chi connectivity index (χ1v) is 2.13. The van der Waals surface area contributed by atoms with Crippen LogP contribution in [0, 0.1) is 0 Å². The molecule has 0 radical (unpaired) electrons. The van der Waals surface area contributed by atoms with Crippen LogP contribution in [0.4, 0.5) is 0 Å². The molecule has 1 rings (SSSR count). The highest BCUT2D eigenvalue weighted by Crippen LogP contribution is 1.87. The Hall–Kier alpha value is -0.650. The van der Waals surface area contributed by atoms with Crippen LogP contribution in [0.3, 0.4) is 0 Å². The number of aliphatic hydroxyl groups is 2. The first kappa shape index (κ1) is 5.49. The van der Waals surface area contributed by atoms with Gasteiger partial charge in [-0.05, 0) is 0 Å². The molecule has 0 aromatic carbocycles. The Morgan fingerprint density at radius 1 is 1.50 bits per heavy atom. The van der Waals surface area contributed by atoms with E-state index in [1.54, 1.807) is 0 Å². The van der Waals surface area contributed by atoms with Gasteiger partial charge in [-0.3, -0.25) is 4.79 Å². The van der Waals surface area contributed by atoms with Crippen LogP contribution in [0.5, 0.6) is 0 Å². The Balaban J connectivity index is 2.51. The van der Waals surface area contributed by atoms with Gasteiger partial charge in [-0.25, -0.2) is 5.32 Å². The van der Waals surface area contributed by atoms with Crippen molar-refractivity contribution in [3.8, 4) is 0 Å². The van der Waals surface area contributed by atoms with Crippen LogP contribution >= 0.6 is 0 Å². The number of nitrogens with one attached hydrogen (secondary N) is 2. The molecule has 0 aromatic heterocycles. The van der Waals surface area contributed by atoms with Crippen LogP contribution in [-0.2, 0) is 4.79 Å². The Morgan fingerprint density at radius 2 is 2.12 bits per heavy atom. The molecule has 0 saturated carbocycles. The molecule has 0 spiro atoms. The second-order valence-corrected chi connectivity index (χ2v) is 1.48. The lowest BCUT2D eigenvalue weighted by atomic mass is 10.6. The van der Waals surface area contributed by atoms with Crippen LogP contribution in [0.15, 0.2) is 0 Å². The molecular formula is C3H6N2O3. The van der Waals surface area contributed by atoms with Crippen molar-refractivity contribution in [3.63, 3.8) is 0 Å². The van der Waals surface area contributed by atoms with E-state index in [-0.39, 0.29) is 0 Å². The van der Waals surface area contributed by atoms with Crippen LogP contribution in [0.1, 0.15) is 0 Å². The van der Waals surface area contributed by atoms with Crippen molar-refractivity contribution < 1.29 is 15.0 Å². The summed E-state index contributed by atoms with van der Waals surface area (Å²) in [4.78, 5) is 10.2. The Morgan fingerprint density at radius 3 is 2.25 bits per heavy atom. The molecule has 2 unspecified atom stereocenters. The summed E-state index contributed by atoms with van der Waals surface area (Å²) in [6, 6.07) is 0. The molecule has 1 amide bonds. The largest absolute Gasteiger partial charge is 0.370 e. The van der Waals surface area contributed by atoms with Crippen LogP contribution in [0.25, 0.3) is 0 Å². The Bertz CT molecular complexity index is 115. The Kier molecular flexibility index (Phi) is 1.16. The van der Waals surface area contributed by atoms with Crippen LogP contribution in [-0.4, -0.2) is 28.7 Å². The first-order valence-electron chi connectivity index (χ1n) is 2.13. The highest BCUT2D eigenvalue weighted by atomic mass is 16.4. The summed E-state index contributed by atoms with van der Waals surface area (Å²) in [7, 11) is 0. The minimum atomic E-state index is -1.26. The molecule has 1 aliphatic heterocycles. The van der Waals surface area contributed by atoms with Gasteiger partial charge in [0.1, 0.15) is 0 Å². The van der Waals surface area contributed by atoms with Crippen molar-refractivity contribution in [3.05, 3.63) is 0 Å². The van der Waals surface area contributed by atoms with E-state index in [1.807, 2.05) is 5.32 Å². The molecule has 0 bridgehead atoms. The number of rotatable bonds is 0. The standard InChI is InChI=1S/C3H6N2O3/c6-1-2(7)5-3(8)4-1/h1,3-4,6,8H,(H,5,7). The second kappa shape index (κ2) is 1.70. The number of carbonyl (C=O) groups excluding carboxylic acids is 1. The zero-order valence-corrected chi connectivity index (χ0v) is 3.96. The molecule has 1 aliphatic rings. The van der Waals surface area contributed by atoms with Crippen molar-refractivity contribution in [1.82, 2.24) is 10.6 Å². The van der Waals surface area contributed by atoms with E-state index in [0.717, 1.165) is 0 Å². The van der Waals surface area contributed by atoms with E-state index in [9.17, 15) is 4.79 Å². The molecule has 8 heavy (non-hydrogen) atoms. The van der Waals surface area contributed by atoms with E-state index in [2.05, 4.69) is 5.32 Å². The average molecular weight is 118 g/mol. The fraction of sp³-hybridized carbons (Fsp3) is 0.667. The molecule has 0 aromatic rings. The zero-order chi connectivity index (χ0) is 6.15. The maximum Gasteiger partial charge on any atom is 0.267 e. The number of hydrogen-bond acceptors (Lipinski definition) is 4. The molecule has 5 nitrogen and oxygen atoms in total. The van der Waals surface area contributed by atoms with Gasteiger partial charge in [0, 0.05) is 0 Å². The fourth-order valence-electron chi connectivity index (χ4n) is 0.481. The monoisotopic (exact) mass is 118 g/mol. The topological polar surface area (TPSA) is 81.6 Å². The summed E-state index contributed by atoms with van der Waals surface area (Å²) < 4.78 is 0. The molecule has 2 atom stereocenters. The predicted octanol–water partition coefficient (Wildman–Crippen LogP) is -2.70. The second-order valence-electron chi connectivity index (χ2n) is 1.48. The predicted molar refractivity (Wildman–Crippen MR) is 23.3 cm³/mol. The van der Waals surface area contributed by atoms with Gasteiger partial charge in [0.05, 0.1) is 0 Å². The normalized spacial score (nSPS) is 37.5. The summed E-state index contributed by atoms with van der Waals surface area (Å²) >= 11 is 0. The minimum Gasteiger partial charge on any atom is -0.370 e. The first-order chi connectivity index (χ1) is 3.70. The van der Waals surface area contributed by atoms with E-state index in [1.165, 1.54) is 0 Å². The molecule has 0 aliphatic carbocycles. The van der Waals surface area contributed by atoms with Crippen molar-refractivity contribution in [2.45, 2.75) is 12.6 Å². The lowest BCUT2D eigenvalue weighted by Gasteiger charge is -1.97. The zero-order valence-electron chi connectivity index (χ0n) is 3.96. The van der Waals surface area contributed by atoms with Crippen molar-refractivity contribution in [1.29, 1.82) is 0 Å². The molecule has 5 heteroatoms. The van der Waals surface area contributed by atoms with E-state index in [4.69, 9.17) is 10.2 Å². The van der Waals surface area contributed by atoms with Crippen LogP contribution in [0.2, 0.25) is 0 Å². The molecule has 1 fully saturated rings. The highest BCUT2D eigenvalue weighted by molar-refractivity contribution is 5.82. The van der Waals surface area contributed by atoms with Gasteiger partial charge in [0.15, 0.2) is 12.6 Å². The Labute approximate surface area is 45.3 Å². The summed E-state index contributed by atoms with van der Waals surface area (Å²) in [6.07, 6.45) is -2.36. The quantitative estimate of drug-likeness (QED) is 0.279. The number of carbonyl (C=O) groups is 1. The van der Waals surface area contributed by atoms with E-state index in [0.29, 0.717) is 0 Å². The maximum absolute atomic E-state index is 10.2. The van der Waals surface area contributed by atoms with Gasteiger partial charge < -0.3 is 15.5 Å². The van der Waals surface area contributed by atoms with Gasteiger partial charge in [0.25, 0.3) is 5.91 Å².